The number of halogens is 5. The molecule has 0 aromatic heterocycles. The van der Waals surface area contributed by atoms with Crippen LogP contribution >= 0.6 is 23.2 Å². The highest BCUT2D eigenvalue weighted by atomic mass is 35.5. The van der Waals surface area contributed by atoms with Gasteiger partial charge in [-0.2, -0.15) is 13.2 Å². The predicted octanol–water partition coefficient (Wildman–Crippen LogP) is 3.04. The average molecular weight is 399 g/mol. The minimum absolute atomic E-state index is 0.208. The Labute approximate surface area is 152 Å². The van der Waals surface area contributed by atoms with Gasteiger partial charge in [0.2, 0.25) is 5.91 Å². The quantitative estimate of drug-likeness (QED) is 0.828. The number of carbonyl (C=O) groups is 2. The number of carbonyl (C=O) groups excluding carboxylic acids is 2. The monoisotopic (exact) mass is 398 g/mol. The Balaban J connectivity index is 1.93. The van der Waals surface area contributed by atoms with Gasteiger partial charge in [0.15, 0.2) is 6.61 Å². The smallest absolute Gasteiger partial charge is 0.405 e. The molecule has 138 valence electrons. The van der Waals surface area contributed by atoms with Crippen LogP contribution in [0, 0.1) is 0 Å². The van der Waals surface area contributed by atoms with Crippen LogP contribution in [0.5, 0.6) is 5.75 Å². The van der Waals surface area contributed by atoms with Crippen LogP contribution in [-0.4, -0.2) is 48.6 Å². The van der Waals surface area contributed by atoms with Crippen LogP contribution in [0.2, 0.25) is 10.0 Å². The maximum Gasteiger partial charge on any atom is 0.405 e. The van der Waals surface area contributed by atoms with E-state index in [0.717, 1.165) is 0 Å². The molecule has 2 amide bonds. The number of likely N-dealkylation sites (tertiary alicyclic amines) is 1. The van der Waals surface area contributed by atoms with Gasteiger partial charge in [0.05, 0.1) is 5.02 Å². The van der Waals surface area contributed by atoms with Crippen molar-refractivity contribution in [2.75, 3.05) is 19.7 Å². The summed E-state index contributed by atoms with van der Waals surface area (Å²) in [4.78, 5) is 25.4. The second-order valence-electron chi connectivity index (χ2n) is 5.44. The van der Waals surface area contributed by atoms with Crippen LogP contribution in [0.3, 0.4) is 0 Å². The molecule has 0 bridgehead atoms. The number of amides is 2. The molecule has 1 atom stereocenters. The molecule has 0 spiro atoms. The summed E-state index contributed by atoms with van der Waals surface area (Å²) in [5, 5.41) is 2.44. The van der Waals surface area contributed by atoms with Crippen LogP contribution in [0.15, 0.2) is 18.2 Å². The Morgan fingerprint density at radius 2 is 2.04 bits per heavy atom. The Morgan fingerprint density at radius 1 is 1.32 bits per heavy atom. The first-order valence-corrected chi connectivity index (χ1v) is 8.15. The van der Waals surface area contributed by atoms with Gasteiger partial charge in [0, 0.05) is 17.6 Å². The van der Waals surface area contributed by atoms with E-state index in [2.05, 4.69) is 0 Å². The van der Waals surface area contributed by atoms with Crippen molar-refractivity contribution >= 4 is 35.0 Å². The second kappa shape index (κ2) is 8.14. The largest absolute Gasteiger partial charge is 0.482 e. The molecule has 1 aliphatic heterocycles. The fraction of sp³-hybridized carbons (Fsp3) is 0.467. The van der Waals surface area contributed by atoms with Crippen molar-refractivity contribution in [3.8, 4) is 5.75 Å². The first kappa shape index (κ1) is 19.7. The van der Waals surface area contributed by atoms with Gasteiger partial charge in [-0.15, -0.1) is 0 Å². The summed E-state index contributed by atoms with van der Waals surface area (Å²) in [6.45, 7) is -1.56. The number of ether oxygens (including phenoxy) is 1. The van der Waals surface area contributed by atoms with E-state index in [4.69, 9.17) is 27.9 Å². The zero-order chi connectivity index (χ0) is 18.6. The highest BCUT2D eigenvalue weighted by molar-refractivity contribution is 6.34. The zero-order valence-corrected chi connectivity index (χ0v) is 14.4. The van der Waals surface area contributed by atoms with Gasteiger partial charge in [0.1, 0.15) is 18.3 Å². The van der Waals surface area contributed by atoms with E-state index in [1.807, 2.05) is 0 Å². The van der Waals surface area contributed by atoms with Crippen LogP contribution in [0.25, 0.3) is 0 Å². The Kier molecular flexibility index (Phi) is 6.40. The summed E-state index contributed by atoms with van der Waals surface area (Å²) in [5.41, 5.74) is 0. The van der Waals surface area contributed by atoms with Crippen molar-refractivity contribution in [2.24, 2.45) is 0 Å². The second-order valence-corrected chi connectivity index (χ2v) is 6.29. The highest BCUT2D eigenvalue weighted by Gasteiger charge is 2.36. The van der Waals surface area contributed by atoms with Gasteiger partial charge in [-0.3, -0.25) is 9.59 Å². The van der Waals surface area contributed by atoms with Crippen molar-refractivity contribution in [3.05, 3.63) is 28.2 Å². The normalized spacial score (nSPS) is 17.5. The van der Waals surface area contributed by atoms with Crippen LogP contribution in [0.4, 0.5) is 13.2 Å². The molecule has 2 rings (SSSR count). The van der Waals surface area contributed by atoms with Gasteiger partial charge < -0.3 is 15.0 Å². The molecule has 1 unspecified atom stereocenters. The number of benzene rings is 1. The molecule has 1 aliphatic rings. The van der Waals surface area contributed by atoms with Crippen molar-refractivity contribution in [3.63, 3.8) is 0 Å². The number of hydrogen-bond acceptors (Lipinski definition) is 3. The standard InChI is InChI=1S/C15H15Cl2F3N2O3/c16-9-3-4-10(17)12(6-9)25-7-13(23)22-5-1-2-11(22)14(24)21-8-15(18,19)20/h3-4,6,11H,1-2,5,7-8H2,(H,21,24). The van der Waals surface area contributed by atoms with Gasteiger partial charge in [-0.1, -0.05) is 23.2 Å². The fourth-order valence-corrected chi connectivity index (χ4v) is 2.79. The number of alkyl halides is 3. The first-order chi connectivity index (χ1) is 11.7. The maximum absolute atomic E-state index is 12.3. The third-order valence-electron chi connectivity index (χ3n) is 3.58. The summed E-state index contributed by atoms with van der Waals surface area (Å²) >= 11 is 11.7. The van der Waals surface area contributed by atoms with E-state index < -0.39 is 37.2 Å². The van der Waals surface area contributed by atoms with E-state index in [1.54, 1.807) is 11.4 Å². The van der Waals surface area contributed by atoms with Gasteiger partial charge in [-0.05, 0) is 25.0 Å². The molecule has 25 heavy (non-hydrogen) atoms. The minimum Gasteiger partial charge on any atom is -0.482 e. The minimum atomic E-state index is -4.50. The lowest BCUT2D eigenvalue weighted by Gasteiger charge is -2.24. The number of rotatable bonds is 5. The molecule has 10 heteroatoms. The maximum atomic E-state index is 12.3. The van der Waals surface area contributed by atoms with Crippen molar-refractivity contribution in [1.29, 1.82) is 0 Å². The van der Waals surface area contributed by atoms with Gasteiger partial charge in [-0.25, -0.2) is 0 Å². The lowest BCUT2D eigenvalue weighted by Crippen LogP contribution is -2.49. The lowest BCUT2D eigenvalue weighted by molar-refractivity contribution is -0.145. The molecule has 0 radical (unpaired) electrons. The van der Waals surface area contributed by atoms with E-state index in [9.17, 15) is 22.8 Å². The molecule has 5 nitrogen and oxygen atoms in total. The van der Waals surface area contributed by atoms with E-state index in [0.29, 0.717) is 17.9 Å². The number of nitrogens with zero attached hydrogens (tertiary/aromatic N) is 1. The highest BCUT2D eigenvalue weighted by Crippen LogP contribution is 2.28. The predicted molar refractivity (Wildman–Crippen MR) is 85.8 cm³/mol. The molecule has 0 aliphatic carbocycles. The Hall–Kier alpha value is -1.67. The van der Waals surface area contributed by atoms with E-state index >= 15 is 0 Å². The first-order valence-electron chi connectivity index (χ1n) is 7.39. The van der Waals surface area contributed by atoms with Crippen molar-refractivity contribution in [1.82, 2.24) is 10.2 Å². The van der Waals surface area contributed by atoms with E-state index in [1.165, 1.54) is 17.0 Å². The molecule has 1 aromatic carbocycles. The molecule has 1 saturated heterocycles. The molecular weight excluding hydrogens is 384 g/mol. The summed E-state index contributed by atoms with van der Waals surface area (Å²) in [7, 11) is 0. The van der Waals surface area contributed by atoms with Crippen molar-refractivity contribution in [2.45, 2.75) is 25.1 Å². The molecule has 1 N–H and O–H groups in total. The number of nitrogens with one attached hydrogen (secondary N) is 1. The van der Waals surface area contributed by atoms with E-state index in [-0.39, 0.29) is 17.3 Å². The summed E-state index contributed by atoms with van der Waals surface area (Å²) in [6, 6.07) is 3.56. The lowest BCUT2D eigenvalue weighted by atomic mass is 10.2. The topological polar surface area (TPSA) is 58.6 Å². The van der Waals surface area contributed by atoms with Crippen LogP contribution < -0.4 is 10.1 Å². The molecule has 1 fully saturated rings. The average Bonchev–Trinajstić information content (AvgIpc) is 3.02. The fourth-order valence-electron chi connectivity index (χ4n) is 2.45. The van der Waals surface area contributed by atoms with Crippen LogP contribution in [-0.2, 0) is 9.59 Å². The molecular formula is C15H15Cl2F3N2O3. The van der Waals surface area contributed by atoms with Crippen LogP contribution in [0.1, 0.15) is 12.8 Å². The Morgan fingerprint density at radius 3 is 2.72 bits per heavy atom. The molecule has 1 heterocycles. The molecule has 0 saturated carbocycles. The summed E-state index contributed by atoms with van der Waals surface area (Å²) in [6.07, 6.45) is -3.68. The third-order valence-corrected chi connectivity index (χ3v) is 4.13. The summed E-state index contributed by atoms with van der Waals surface area (Å²) in [5.74, 6) is -1.13. The number of hydrogen-bond donors (Lipinski definition) is 1. The SMILES string of the molecule is O=C(NCC(F)(F)F)C1CCCN1C(=O)COc1cc(Cl)ccc1Cl. The molecule has 1 aromatic rings. The Bertz CT molecular complexity index is 655. The zero-order valence-electron chi connectivity index (χ0n) is 12.9. The summed E-state index contributed by atoms with van der Waals surface area (Å²) < 4.78 is 41.9. The van der Waals surface area contributed by atoms with Gasteiger partial charge >= 0.3 is 6.18 Å². The third kappa shape index (κ3) is 5.67. The van der Waals surface area contributed by atoms with Gasteiger partial charge in [0.25, 0.3) is 5.91 Å². The van der Waals surface area contributed by atoms with Crippen molar-refractivity contribution < 1.29 is 27.5 Å².